The summed E-state index contributed by atoms with van der Waals surface area (Å²) >= 11 is 0. The number of aromatic nitrogens is 1. The second-order valence-electron chi connectivity index (χ2n) is 3.56. The van der Waals surface area contributed by atoms with Crippen molar-refractivity contribution in [3.8, 4) is 6.07 Å². The van der Waals surface area contributed by atoms with Gasteiger partial charge < -0.3 is 10.2 Å². The van der Waals surface area contributed by atoms with Crippen LogP contribution in [0.1, 0.15) is 6.92 Å². The number of nitrogens with zero attached hydrogens (tertiary/aromatic N) is 3. The molecule has 0 bridgehead atoms. The molecule has 1 rings (SSSR count). The molecule has 15 heavy (non-hydrogen) atoms. The van der Waals surface area contributed by atoms with Gasteiger partial charge in [-0.15, -0.1) is 0 Å². The van der Waals surface area contributed by atoms with Gasteiger partial charge in [0.05, 0.1) is 12.0 Å². The molecule has 0 aromatic carbocycles. The fourth-order valence-corrected chi connectivity index (χ4v) is 1.35. The molecule has 0 aliphatic carbocycles. The largest absolute Gasteiger partial charge is 0.373 e. The number of hydrogen-bond donors (Lipinski definition) is 1. The van der Waals surface area contributed by atoms with Crippen molar-refractivity contribution >= 4 is 11.5 Å². The third-order valence-electron chi connectivity index (χ3n) is 2.21. The van der Waals surface area contributed by atoms with Crippen LogP contribution >= 0.6 is 0 Å². The van der Waals surface area contributed by atoms with Gasteiger partial charge in [0.2, 0.25) is 0 Å². The number of pyridine rings is 1. The number of anilines is 2. The summed E-state index contributed by atoms with van der Waals surface area (Å²) in [6.45, 7) is 2.64. The van der Waals surface area contributed by atoms with Gasteiger partial charge in [0, 0.05) is 38.6 Å². The Hall–Kier alpha value is -1.76. The SMILES string of the molecule is CNc1cc(N(C)CC(C)C#N)ccn1. The van der Waals surface area contributed by atoms with E-state index in [9.17, 15) is 0 Å². The summed E-state index contributed by atoms with van der Waals surface area (Å²) in [5.74, 6) is 0.866. The van der Waals surface area contributed by atoms with E-state index in [0.29, 0.717) is 0 Å². The van der Waals surface area contributed by atoms with Crippen LogP contribution in [0.4, 0.5) is 11.5 Å². The Morgan fingerprint density at radius 3 is 3.00 bits per heavy atom. The van der Waals surface area contributed by atoms with Gasteiger partial charge in [0.25, 0.3) is 0 Å². The molecule has 1 N–H and O–H groups in total. The van der Waals surface area contributed by atoms with E-state index in [0.717, 1.165) is 18.1 Å². The van der Waals surface area contributed by atoms with Crippen molar-refractivity contribution in [3.05, 3.63) is 18.3 Å². The van der Waals surface area contributed by atoms with Gasteiger partial charge in [0.15, 0.2) is 0 Å². The molecule has 0 radical (unpaired) electrons. The predicted octanol–water partition coefficient (Wildman–Crippen LogP) is 1.72. The Labute approximate surface area is 90.5 Å². The standard InChI is InChI=1S/C11H16N4/c1-9(7-12)8-15(3)10-4-5-14-11(6-10)13-2/h4-6,9H,8H2,1-3H3,(H,13,14). The van der Waals surface area contributed by atoms with Crippen molar-refractivity contribution < 1.29 is 0 Å². The lowest BCUT2D eigenvalue weighted by atomic mass is 10.2. The minimum Gasteiger partial charge on any atom is -0.373 e. The highest BCUT2D eigenvalue weighted by atomic mass is 15.1. The maximum atomic E-state index is 8.73. The van der Waals surface area contributed by atoms with E-state index in [-0.39, 0.29) is 5.92 Å². The van der Waals surface area contributed by atoms with Crippen LogP contribution in [-0.4, -0.2) is 25.6 Å². The number of nitriles is 1. The fraction of sp³-hybridized carbons (Fsp3) is 0.455. The maximum absolute atomic E-state index is 8.73. The molecule has 0 saturated carbocycles. The lowest BCUT2D eigenvalue weighted by Crippen LogP contribution is -2.23. The van der Waals surface area contributed by atoms with Gasteiger partial charge in [-0.25, -0.2) is 4.98 Å². The lowest BCUT2D eigenvalue weighted by Gasteiger charge is -2.20. The lowest BCUT2D eigenvalue weighted by molar-refractivity contribution is 0.716. The minimum atomic E-state index is 0.0289. The summed E-state index contributed by atoms with van der Waals surface area (Å²) in [5, 5.41) is 11.7. The van der Waals surface area contributed by atoms with E-state index in [1.165, 1.54) is 0 Å². The van der Waals surface area contributed by atoms with Crippen LogP contribution in [-0.2, 0) is 0 Å². The Morgan fingerprint density at radius 1 is 1.67 bits per heavy atom. The highest BCUT2D eigenvalue weighted by Crippen LogP contribution is 2.16. The van der Waals surface area contributed by atoms with Gasteiger partial charge in [-0.1, -0.05) is 0 Å². The second-order valence-corrected chi connectivity index (χ2v) is 3.56. The molecular weight excluding hydrogens is 188 g/mol. The molecule has 0 spiro atoms. The molecule has 0 aliphatic heterocycles. The highest BCUT2D eigenvalue weighted by molar-refractivity contribution is 5.53. The molecule has 80 valence electrons. The van der Waals surface area contributed by atoms with Gasteiger partial charge >= 0.3 is 0 Å². The zero-order valence-corrected chi connectivity index (χ0v) is 9.36. The Kier molecular flexibility index (Phi) is 3.92. The molecule has 4 nitrogen and oxygen atoms in total. The van der Waals surface area contributed by atoms with Crippen LogP contribution in [0, 0.1) is 17.2 Å². The van der Waals surface area contributed by atoms with Crippen LogP contribution in [0.5, 0.6) is 0 Å². The minimum absolute atomic E-state index is 0.0289. The molecule has 1 atom stereocenters. The van der Waals surface area contributed by atoms with Gasteiger partial charge in [-0.3, -0.25) is 0 Å². The maximum Gasteiger partial charge on any atom is 0.127 e. The van der Waals surface area contributed by atoms with E-state index >= 15 is 0 Å². The van der Waals surface area contributed by atoms with Crippen molar-refractivity contribution in [2.75, 3.05) is 30.9 Å². The van der Waals surface area contributed by atoms with Crippen LogP contribution < -0.4 is 10.2 Å². The number of rotatable bonds is 4. The molecule has 4 heteroatoms. The average Bonchev–Trinajstić information content (AvgIpc) is 2.28. The first-order valence-corrected chi connectivity index (χ1v) is 4.92. The molecule has 1 aromatic rings. The summed E-state index contributed by atoms with van der Waals surface area (Å²) in [7, 11) is 3.81. The van der Waals surface area contributed by atoms with E-state index in [1.807, 2.05) is 33.2 Å². The molecule has 0 saturated heterocycles. The zero-order valence-electron chi connectivity index (χ0n) is 9.36. The molecule has 1 heterocycles. The van der Waals surface area contributed by atoms with Crippen LogP contribution in [0.15, 0.2) is 18.3 Å². The molecule has 0 aliphatic rings. The fourth-order valence-electron chi connectivity index (χ4n) is 1.35. The van der Waals surface area contributed by atoms with Crippen molar-refractivity contribution in [2.24, 2.45) is 5.92 Å². The van der Waals surface area contributed by atoms with Crippen molar-refractivity contribution in [1.29, 1.82) is 5.26 Å². The Bertz CT molecular complexity index is 356. The summed E-state index contributed by atoms with van der Waals surface area (Å²) in [6, 6.07) is 6.12. The normalized spacial score (nSPS) is 11.6. The Balaban J connectivity index is 2.73. The molecule has 1 aromatic heterocycles. The summed E-state index contributed by atoms with van der Waals surface area (Å²) in [5.41, 5.74) is 1.07. The third kappa shape index (κ3) is 3.13. The smallest absolute Gasteiger partial charge is 0.127 e. The number of hydrogen-bond acceptors (Lipinski definition) is 4. The van der Waals surface area contributed by atoms with Gasteiger partial charge in [0.1, 0.15) is 5.82 Å². The van der Waals surface area contributed by atoms with Crippen molar-refractivity contribution in [3.63, 3.8) is 0 Å². The monoisotopic (exact) mass is 204 g/mol. The van der Waals surface area contributed by atoms with E-state index in [2.05, 4.69) is 21.3 Å². The third-order valence-corrected chi connectivity index (χ3v) is 2.21. The number of nitrogens with one attached hydrogen (secondary N) is 1. The van der Waals surface area contributed by atoms with Crippen LogP contribution in [0.2, 0.25) is 0 Å². The first-order chi connectivity index (χ1) is 7.17. The van der Waals surface area contributed by atoms with Gasteiger partial charge in [-0.2, -0.15) is 5.26 Å². The van der Waals surface area contributed by atoms with E-state index in [1.54, 1.807) is 6.20 Å². The molecule has 0 amide bonds. The first-order valence-electron chi connectivity index (χ1n) is 4.92. The van der Waals surface area contributed by atoms with Crippen LogP contribution in [0.3, 0.4) is 0 Å². The topological polar surface area (TPSA) is 52.0 Å². The van der Waals surface area contributed by atoms with Gasteiger partial charge in [-0.05, 0) is 13.0 Å². The summed E-state index contributed by atoms with van der Waals surface area (Å²) in [6.07, 6.45) is 1.76. The van der Waals surface area contributed by atoms with Crippen molar-refractivity contribution in [2.45, 2.75) is 6.92 Å². The van der Waals surface area contributed by atoms with E-state index < -0.39 is 0 Å². The summed E-state index contributed by atoms with van der Waals surface area (Å²) in [4.78, 5) is 6.19. The zero-order chi connectivity index (χ0) is 11.3. The molecule has 1 unspecified atom stereocenters. The molecule has 0 fully saturated rings. The second kappa shape index (κ2) is 5.20. The summed E-state index contributed by atoms with van der Waals surface area (Å²) < 4.78 is 0. The predicted molar refractivity (Wildman–Crippen MR) is 61.8 cm³/mol. The quantitative estimate of drug-likeness (QED) is 0.811. The molecular formula is C11H16N4. The highest BCUT2D eigenvalue weighted by Gasteiger charge is 2.06. The van der Waals surface area contributed by atoms with Crippen molar-refractivity contribution in [1.82, 2.24) is 4.98 Å². The van der Waals surface area contributed by atoms with Crippen LogP contribution in [0.25, 0.3) is 0 Å². The first kappa shape index (κ1) is 11.3. The van der Waals surface area contributed by atoms with E-state index in [4.69, 9.17) is 5.26 Å². The Morgan fingerprint density at radius 2 is 2.40 bits per heavy atom. The average molecular weight is 204 g/mol.